The van der Waals surface area contributed by atoms with Gasteiger partial charge < -0.3 is 10.1 Å². The Morgan fingerprint density at radius 1 is 1.47 bits per heavy atom. The van der Waals surface area contributed by atoms with Crippen LogP contribution in [0.4, 0.5) is 0 Å². The molecule has 1 atom stereocenters. The molecule has 94 valence electrons. The van der Waals surface area contributed by atoms with Crippen molar-refractivity contribution in [1.82, 2.24) is 10.3 Å². The Balaban J connectivity index is 1.48. The van der Waals surface area contributed by atoms with Gasteiger partial charge in [0.25, 0.3) is 0 Å². The second-order valence-electron chi connectivity index (χ2n) is 5.03. The van der Waals surface area contributed by atoms with E-state index < -0.39 is 0 Å². The highest BCUT2D eigenvalue weighted by molar-refractivity contribution is 7.09. The molecule has 1 aromatic rings. The number of morpholine rings is 1. The molecule has 2 aliphatic rings. The SMILES string of the molecule is c1sc(CCC2CNCCO2)nc1C1CCC1. The van der Waals surface area contributed by atoms with Crippen LogP contribution in [0.5, 0.6) is 0 Å². The Hall–Kier alpha value is -0.450. The molecular weight excluding hydrogens is 232 g/mol. The van der Waals surface area contributed by atoms with Crippen LogP contribution in [0.25, 0.3) is 0 Å². The van der Waals surface area contributed by atoms with Gasteiger partial charge in [0.2, 0.25) is 0 Å². The Morgan fingerprint density at radius 3 is 3.12 bits per heavy atom. The van der Waals surface area contributed by atoms with Gasteiger partial charge in [0.1, 0.15) is 0 Å². The first-order chi connectivity index (χ1) is 8.42. The zero-order valence-electron chi connectivity index (χ0n) is 10.2. The number of hydrogen-bond donors (Lipinski definition) is 1. The van der Waals surface area contributed by atoms with Gasteiger partial charge in [-0.05, 0) is 19.3 Å². The predicted molar refractivity (Wildman–Crippen MR) is 69.6 cm³/mol. The van der Waals surface area contributed by atoms with Crippen molar-refractivity contribution in [2.24, 2.45) is 0 Å². The van der Waals surface area contributed by atoms with Crippen molar-refractivity contribution in [3.63, 3.8) is 0 Å². The summed E-state index contributed by atoms with van der Waals surface area (Å²) < 4.78 is 5.70. The van der Waals surface area contributed by atoms with Gasteiger partial charge in [0.05, 0.1) is 23.4 Å². The molecule has 1 aliphatic carbocycles. The highest BCUT2D eigenvalue weighted by Crippen LogP contribution is 2.36. The zero-order chi connectivity index (χ0) is 11.5. The van der Waals surface area contributed by atoms with Crippen LogP contribution in [0.2, 0.25) is 0 Å². The minimum absolute atomic E-state index is 0.389. The van der Waals surface area contributed by atoms with Crippen molar-refractivity contribution in [2.45, 2.75) is 44.1 Å². The van der Waals surface area contributed by atoms with E-state index in [0.717, 1.165) is 38.5 Å². The fourth-order valence-corrected chi connectivity index (χ4v) is 3.32. The monoisotopic (exact) mass is 252 g/mol. The molecule has 1 unspecified atom stereocenters. The van der Waals surface area contributed by atoms with Crippen molar-refractivity contribution in [1.29, 1.82) is 0 Å². The van der Waals surface area contributed by atoms with E-state index in [1.54, 1.807) is 0 Å². The standard InChI is InChI=1S/C13H20N2OS/c1-2-10(3-1)12-9-17-13(15-12)5-4-11-8-14-6-7-16-11/h9-11,14H,1-8H2. The van der Waals surface area contributed by atoms with Crippen LogP contribution in [-0.4, -0.2) is 30.8 Å². The van der Waals surface area contributed by atoms with Crippen LogP contribution >= 0.6 is 11.3 Å². The number of aryl methyl sites for hydroxylation is 1. The number of rotatable bonds is 4. The lowest BCUT2D eigenvalue weighted by molar-refractivity contribution is 0.0238. The van der Waals surface area contributed by atoms with E-state index in [1.165, 1.54) is 30.0 Å². The van der Waals surface area contributed by atoms with Gasteiger partial charge in [-0.2, -0.15) is 0 Å². The largest absolute Gasteiger partial charge is 0.376 e. The number of ether oxygens (including phenoxy) is 1. The summed E-state index contributed by atoms with van der Waals surface area (Å²) in [6, 6.07) is 0. The summed E-state index contributed by atoms with van der Waals surface area (Å²) in [7, 11) is 0. The fraction of sp³-hybridized carbons (Fsp3) is 0.769. The topological polar surface area (TPSA) is 34.1 Å². The van der Waals surface area contributed by atoms with Crippen LogP contribution in [0, 0.1) is 0 Å². The van der Waals surface area contributed by atoms with Crippen LogP contribution in [-0.2, 0) is 11.2 Å². The molecule has 3 rings (SSSR count). The summed E-state index contributed by atoms with van der Waals surface area (Å²) in [5, 5.41) is 6.93. The first-order valence-corrected chi connectivity index (χ1v) is 7.56. The molecule has 1 aromatic heterocycles. The average molecular weight is 252 g/mol. The minimum atomic E-state index is 0.389. The lowest BCUT2D eigenvalue weighted by atomic mass is 9.83. The fourth-order valence-electron chi connectivity index (χ4n) is 2.42. The molecule has 0 amide bonds. The molecule has 2 fully saturated rings. The Morgan fingerprint density at radius 2 is 2.41 bits per heavy atom. The van der Waals surface area contributed by atoms with Crippen LogP contribution in [0.1, 0.15) is 42.3 Å². The maximum Gasteiger partial charge on any atom is 0.0929 e. The van der Waals surface area contributed by atoms with Gasteiger partial charge >= 0.3 is 0 Å². The zero-order valence-corrected chi connectivity index (χ0v) is 11.0. The van der Waals surface area contributed by atoms with Gasteiger partial charge in [-0.25, -0.2) is 4.98 Å². The number of aromatic nitrogens is 1. The molecule has 1 saturated carbocycles. The highest BCUT2D eigenvalue weighted by atomic mass is 32.1. The summed E-state index contributed by atoms with van der Waals surface area (Å²) in [5.41, 5.74) is 1.35. The third-order valence-corrected chi connectivity index (χ3v) is 4.70. The molecule has 0 spiro atoms. The third kappa shape index (κ3) is 2.87. The van der Waals surface area contributed by atoms with Gasteiger partial charge in [-0.3, -0.25) is 0 Å². The van der Waals surface area contributed by atoms with Gasteiger partial charge in [-0.15, -0.1) is 11.3 Å². The first kappa shape index (κ1) is 11.6. The summed E-state index contributed by atoms with van der Waals surface area (Å²) in [4.78, 5) is 4.76. The maximum atomic E-state index is 5.70. The van der Waals surface area contributed by atoms with Crippen LogP contribution in [0.15, 0.2) is 5.38 Å². The molecule has 0 radical (unpaired) electrons. The molecule has 1 N–H and O–H groups in total. The molecule has 0 bridgehead atoms. The van der Waals surface area contributed by atoms with Crippen molar-refractivity contribution < 1.29 is 4.74 Å². The van der Waals surface area contributed by atoms with Crippen molar-refractivity contribution in [3.8, 4) is 0 Å². The lowest BCUT2D eigenvalue weighted by Crippen LogP contribution is -2.38. The van der Waals surface area contributed by atoms with Crippen molar-refractivity contribution in [3.05, 3.63) is 16.1 Å². The summed E-state index contributed by atoms with van der Waals surface area (Å²) in [5.74, 6) is 0.771. The number of hydrogen-bond acceptors (Lipinski definition) is 4. The van der Waals surface area contributed by atoms with E-state index in [9.17, 15) is 0 Å². The number of thiazole rings is 1. The Labute approximate surface area is 107 Å². The average Bonchev–Trinajstić information content (AvgIpc) is 2.74. The third-order valence-electron chi connectivity index (χ3n) is 3.78. The molecule has 4 heteroatoms. The smallest absolute Gasteiger partial charge is 0.0929 e. The molecular formula is C13H20N2OS. The molecule has 1 aliphatic heterocycles. The molecule has 2 heterocycles. The van der Waals surface area contributed by atoms with E-state index in [-0.39, 0.29) is 0 Å². The number of nitrogens with one attached hydrogen (secondary N) is 1. The molecule has 1 saturated heterocycles. The van der Waals surface area contributed by atoms with Gasteiger partial charge in [0, 0.05) is 30.8 Å². The first-order valence-electron chi connectivity index (χ1n) is 6.68. The van der Waals surface area contributed by atoms with E-state index in [1.807, 2.05) is 11.3 Å². The van der Waals surface area contributed by atoms with Gasteiger partial charge in [0.15, 0.2) is 0 Å². The van der Waals surface area contributed by atoms with Crippen LogP contribution in [0.3, 0.4) is 0 Å². The lowest BCUT2D eigenvalue weighted by Gasteiger charge is -2.23. The summed E-state index contributed by atoms with van der Waals surface area (Å²) in [6.07, 6.45) is 6.64. The maximum absolute atomic E-state index is 5.70. The van der Waals surface area contributed by atoms with Crippen molar-refractivity contribution in [2.75, 3.05) is 19.7 Å². The molecule has 17 heavy (non-hydrogen) atoms. The molecule has 3 nitrogen and oxygen atoms in total. The van der Waals surface area contributed by atoms with E-state index in [2.05, 4.69) is 10.7 Å². The van der Waals surface area contributed by atoms with Crippen LogP contribution < -0.4 is 5.32 Å². The van der Waals surface area contributed by atoms with E-state index in [0.29, 0.717) is 6.10 Å². The van der Waals surface area contributed by atoms with E-state index in [4.69, 9.17) is 9.72 Å². The highest BCUT2D eigenvalue weighted by Gasteiger charge is 2.22. The van der Waals surface area contributed by atoms with Crippen molar-refractivity contribution >= 4 is 11.3 Å². The minimum Gasteiger partial charge on any atom is -0.376 e. The second kappa shape index (κ2) is 5.46. The summed E-state index contributed by atoms with van der Waals surface area (Å²) in [6.45, 7) is 2.86. The molecule has 0 aromatic carbocycles. The van der Waals surface area contributed by atoms with Gasteiger partial charge in [-0.1, -0.05) is 6.42 Å². The number of nitrogens with zero attached hydrogens (tertiary/aromatic N) is 1. The second-order valence-corrected chi connectivity index (χ2v) is 5.97. The van der Waals surface area contributed by atoms with E-state index >= 15 is 0 Å². The Kier molecular flexibility index (Phi) is 3.74. The quantitative estimate of drug-likeness (QED) is 0.893. The summed E-state index contributed by atoms with van der Waals surface area (Å²) >= 11 is 1.83. The Bertz CT molecular complexity index is 356. The predicted octanol–water partition coefficient (Wildman–Crippen LogP) is 2.33. The normalized spacial score (nSPS) is 25.8.